The Morgan fingerprint density at radius 2 is 1.30 bits per heavy atom. The van der Waals surface area contributed by atoms with Crippen molar-refractivity contribution in [2.75, 3.05) is 0 Å². The Hall–Kier alpha value is -1.44. The van der Waals surface area contributed by atoms with Gasteiger partial charge in [0.1, 0.15) is 0 Å². The van der Waals surface area contributed by atoms with Gasteiger partial charge in [-0.1, -0.05) is 80.8 Å². The maximum absolute atomic E-state index is 3.06. The second kappa shape index (κ2) is 17.2. The fraction of sp³-hybridized carbons (Fsp3) is 0.212. The third kappa shape index (κ3) is 9.07. The summed E-state index contributed by atoms with van der Waals surface area (Å²) in [6.07, 6.45) is 0. The van der Waals surface area contributed by atoms with E-state index < -0.39 is 0 Å². The normalized spacial score (nSPS) is 9.46. The molecule has 0 aliphatic rings. The van der Waals surface area contributed by atoms with Crippen molar-refractivity contribution in [2.45, 2.75) is 47.5 Å². The standard InChI is InChI=1S/C17H15.C14H17.2CH3.2ClH.Si.Zr/c1-12-10-16-13(2)8-9-15(17(16)11-12)14-6-4-3-5-7-14;1-9(2)12-7-13-5-10(3)11(4)6-14(13)8-12;;;;;;/h3-11H,1-2H3;5-9H,1-4H3;2*1H3;2*1H;;/q4*-1;;;;. The zero-order valence-electron chi connectivity index (χ0n) is 23.4. The SMILES string of the molecule is Cc1cc2c(-c3ccccc3)ccc(C)c2[cH-]1.Cc1cc2cc(C(C)C)[cH-]c2cc1C.Cl.Cl.[CH3-].[CH3-].[Si]=[Zr]. The Kier molecular flexibility index (Phi) is 17.5. The van der Waals surface area contributed by atoms with Gasteiger partial charge in [0.25, 0.3) is 0 Å². The summed E-state index contributed by atoms with van der Waals surface area (Å²) in [6.45, 7) is 16.2. The number of benzene rings is 3. The van der Waals surface area contributed by atoms with E-state index in [4.69, 9.17) is 0 Å². The zero-order chi connectivity index (χ0) is 24.1. The molecule has 0 heterocycles. The van der Waals surface area contributed by atoms with Gasteiger partial charge >= 0.3 is 30.2 Å². The molecule has 4 heteroatoms. The van der Waals surface area contributed by atoms with E-state index in [1.807, 2.05) is 0 Å². The summed E-state index contributed by atoms with van der Waals surface area (Å²) in [4.78, 5) is 0. The maximum atomic E-state index is 3.06. The molecule has 0 aliphatic heterocycles. The molecule has 0 bridgehead atoms. The van der Waals surface area contributed by atoms with Crippen molar-refractivity contribution in [1.82, 2.24) is 0 Å². The van der Waals surface area contributed by atoms with Crippen LogP contribution in [0.15, 0.2) is 78.9 Å². The molecule has 0 aromatic heterocycles. The van der Waals surface area contributed by atoms with E-state index in [2.05, 4.69) is 127 Å². The average molecular weight is 627 g/mol. The molecule has 0 atom stereocenters. The van der Waals surface area contributed by atoms with Crippen molar-refractivity contribution in [3.63, 3.8) is 0 Å². The van der Waals surface area contributed by atoms with Crippen molar-refractivity contribution < 1.29 is 23.3 Å². The van der Waals surface area contributed by atoms with Crippen LogP contribution in [0.3, 0.4) is 0 Å². The van der Waals surface area contributed by atoms with E-state index in [-0.39, 0.29) is 39.7 Å². The van der Waals surface area contributed by atoms with Crippen LogP contribution in [-0.4, -0.2) is 6.88 Å². The molecule has 0 nitrogen and oxygen atoms in total. The molecule has 0 N–H and O–H groups in total. The van der Waals surface area contributed by atoms with Crippen LogP contribution in [-0.2, 0) is 23.3 Å². The van der Waals surface area contributed by atoms with E-state index in [0.29, 0.717) is 5.92 Å². The second-order valence-corrected chi connectivity index (χ2v) is 9.16. The van der Waals surface area contributed by atoms with Crippen molar-refractivity contribution in [3.05, 3.63) is 122 Å². The van der Waals surface area contributed by atoms with Crippen LogP contribution in [0.5, 0.6) is 0 Å². The Labute approximate surface area is 255 Å². The summed E-state index contributed by atoms with van der Waals surface area (Å²) >= 11 is 1.36. The second-order valence-electron chi connectivity index (χ2n) is 9.16. The van der Waals surface area contributed by atoms with E-state index in [1.54, 1.807) is 0 Å². The van der Waals surface area contributed by atoms with Crippen LogP contribution in [0.4, 0.5) is 0 Å². The first-order valence-corrected chi connectivity index (χ1v) is 15.7. The zero-order valence-corrected chi connectivity index (χ0v) is 28.5. The minimum atomic E-state index is 0. The third-order valence-electron chi connectivity index (χ3n) is 6.34. The summed E-state index contributed by atoms with van der Waals surface area (Å²) in [5.74, 6) is 0.628. The number of hydrogen-bond donors (Lipinski definition) is 0. The average Bonchev–Trinajstić information content (AvgIpc) is 3.40. The quantitative estimate of drug-likeness (QED) is 0.135. The van der Waals surface area contributed by atoms with Crippen LogP contribution in [0.25, 0.3) is 32.7 Å². The predicted molar refractivity (Wildman–Crippen MR) is 171 cm³/mol. The Morgan fingerprint density at radius 1 is 0.703 bits per heavy atom. The fourth-order valence-corrected chi connectivity index (χ4v) is 4.30. The third-order valence-corrected chi connectivity index (χ3v) is 6.34. The van der Waals surface area contributed by atoms with Crippen molar-refractivity contribution in [3.8, 4) is 11.1 Å². The fourth-order valence-electron chi connectivity index (χ4n) is 4.30. The number of aryl methyl sites for hydroxylation is 4. The van der Waals surface area contributed by atoms with Crippen LogP contribution in [0.2, 0.25) is 0 Å². The van der Waals surface area contributed by atoms with Crippen LogP contribution < -0.4 is 0 Å². The van der Waals surface area contributed by atoms with Gasteiger partial charge in [0.15, 0.2) is 0 Å². The Balaban J connectivity index is 0. The Bertz CT molecular complexity index is 1320. The van der Waals surface area contributed by atoms with Gasteiger partial charge in [-0.3, -0.25) is 0 Å². The molecule has 2 radical (unpaired) electrons. The molecule has 5 aromatic rings. The minimum absolute atomic E-state index is 0. The molecule has 0 fully saturated rings. The molecule has 0 spiro atoms. The Morgan fingerprint density at radius 3 is 1.89 bits per heavy atom. The molecule has 0 unspecified atom stereocenters. The molecular formula is C33H40Cl2SiZr-4. The number of hydrogen-bond acceptors (Lipinski definition) is 0. The monoisotopic (exact) mass is 624 g/mol. The molecule has 0 aliphatic carbocycles. The predicted octanol–water partition coefficient (Wildman–Crippen LogP) is 10.5. The van der Waals surface area contributed by atoms with Gasteiger partial charge in [0.05, 0.1) is 0 Å². The first-order chi connectivity index (χ1) is 15.8. The van der Waals surface area contributed by atoms with Gasteiger partial charge in [-0.2, -0.15) is 12.1 Å². The number of fused-ring (bicyclic) bond motifs is 2. The van der Waals surface area contributed by atoms with Crippen LogP contribution >= 0.6 is 24.8 Å². The van der Waals surface area contributed by atoms with Gasteiger partial charge in [-0.25, -0.2) is 0 Å². The molecule has 5 rings (SSSR count). The van der Waals surface area contributed by atoms with Crippen molar-refractivity contribution >= 4 is 53.2 Å². The van der Waals surface area contributed by atoms with E-state index in [1.165, 1.54) is 83.8 Å². The molecule has 198 valence electrons. The van der Waals surface area contributed by atoms with Crippen LogP contribution in [0, 0.1) is 42.5 Å². The molecule has 5 aromatic carbocycles. The van der Waals surface area contributed by atoms with Gasteiger partial charge < -0.3 is 14.9 Å². The number of rotatable bonds is 2. The van der Waals surface area contributed by atoms with Gasteiger partial charge in [-0.05, 0) is 25.3 Å². The summed E-state index contributed by atoms with van der Waals surface area (Å²) in [6, 6.07) is 28.8. The molecule has 0 saturated heterocycles. The first kappa shape index (κ1) is 37.7. The summed E-state index contributed by atoms with van der Waals surface area (Å²) in [5, 5.41) is 5.52. The topological polar surface area (TPSA) is 0 Å². The molecule has 37 heavy (non-hydrogen) atoms. The molecule has 0 saturated carbocycles. The summed E-state index contributed by atoms with van der Waals surface area (Å²) in [5.41, 5.74) is 9.54. The first-order valence-electron chi connectivity index (χ1n) is 11.5. The summed E-state index contributed by atoms with van der Waals surface area (Å²) < 4.78 is 0. The van der Waals surface area contributed by atoms with Gasteiger partial charge in [0.2, 0.25) is 0 Å². The van der Waals surface area contributed by atoms with Crippen molar-refractivity contribution in [2.24, 2.45) is 0 Å². The van der Waals surface area contributed by atoms with E-state index >= 15 is 0 Å². The molecular weight excluding hydrogens is 587 g/mol. The molecule has 0 amide bonds. The van der Waals surface area contributed by atoms with Crippen LogP contribution in [0.1, 0.15) is 47.6 Å². The summed E-state index contributed by atoms with van der Waals surface area (Å²) in [7, 11) is 0. The number of halogens is 2. The van der Waals surface area contributed by atoms with E-state index in [0.717, 1.165) is 0 Å². The van der Waals surface area contributed by atoms with E-state index in [9.17, 15) is 0 Å². The van der Waals surface area contributed by atoms with Gasteiger partial charge in [-0.15, -0.1) is 93.4 Å². The van der Waals surface area contributed by atoms with Gasteiger partial charge in [0, 0.05) is 0 Å². The van der Waals surface area contributed by atoms with Crippen molar-refractivity contribution in [1.29, 1.82) is 0 Å².